The molecule has 1 amide bonds. The Hall–Kier alpha value is -3.06. The maximum Gasteiger partial charge on any atom is 0.251 e. The van der Waals surface area contributed by atoms with Gasteiger partial charge in [0.05, 0.1) is 30.5 Å². The number of amides is 1. The third-order valence-electron chi connectivity index (χ3n) is 5.26. The molecular formula is C21H19N5OS. The van der Waals surface area contributed by atoms with Gasteiger partial charge in [0.25, 0.3) is 5.91 Å². The third kappa shape index (κ3) is 3.18. The second-order valence-corrected chi connectivity index (χ2v) is 7.60. The zero-order valence-corrected chi connectivity index (χ0v) is 16.0. The number of carbonyl (C=O) groups excluding carboxylic acids is 1. The summed E-state index contributed by atoms with van der Waals surface area (Å²) in [4.78, 5) is 12.8. The van der Waals surface area contributed by atoms with E-state index < -0.39 is 0 Å². The fraction of sp³-hybridized carbons (Fsp3) is 0.238. The molecule has 1 aliphatic carbocycles. The highest BCUT2D eigenvalue weighted by Gasteiger charge is 2.26. The van der Waals surface area contributed by atoms with Crippen LogP contribution in [0.2, 0.25) is 0 Å². The summed E-state index contributed by atoms with van der Waals surface area (Å²) in [5.41, 5.74) is 5.78. The highest BCUT2D eigenvalue weighted by atomic mass is 32.1. The highest BCUT2D eigenvalue weighted by molar-refractivity contribution is 7.00. The van der Waals surface area contributed by atoms with Gasteiger partial charge in [-0.05, 0) is 43.0 Å². The van der Waals surface area contributed by atoms with Crippen LogP contribution >= 0.6 is 11.7 Å². The minimum absolute atomic E-state index is 0.00923. The van der Waals surface area contributed by atoms with Gasteiger partial charge in [-0.3, -0.25) is 9.48 Å². The summed E-state index contributed by atoms with van der Waals surface area (Å²) >= 11 is 1.16. The Morgan fingerprint density at radius 2 is 2.00 bits per heavy atom. The first-order chi connectivity index (χ1) is 13.8. The molecule has 1 aliphatic rings. The molecule has 0 saturated carbocycles. The Morgan fingerprint density at radius 1 is 1.14 bits per heavy atom. The van der Waals surface area contributed by atoms with E-state index in [1.807, 2.05) is 36.5 Å². The summed E-state index contributed by atoms with van der Waals surface area (Å²) in [7, 11) is 0. The summed E-state index contributed by atoms with van der Waals surface area (Å²) in [6.07, 6.45) is 4.87. The van der Waals surface area contributed by atoms with E-state index in [9.17, 15) is 4.79 Å². The van der Waals surface area contributed by atoms with Crippen molar-refractivity contribution in [3.8, 4) is 0 Å². The molecule has 0 saturated heterocycles. The van der Waals surface area contributed by atoms with Crippen LogP contribution in [0, 0.1) is 0 Å². The van der Waals surface area contributed by atoms with Gasteiger partial charge in [-0.25, -0.2) is 0 Å². The number of hydrogen-bond donors (Lipinski definition) is 1. The molecule has 1 N–H and O–H groups in total. The lowest BCUT2D eigenvalue weighted by Gasteiger charge is -2.24. The molecule has 7 heteroatoms. The van der Waals surface area contributed by atoms with Crippen LogP contribution in [0.5, 0.6) is 0 Å². The van der Waals surface area contributed by atoms with Gasteiger partial charge < -0.3 is 5.32 Å². The Balaban J connectivity index is 1.37. The predicted octanol–water partition coefficient (Wildman–Crippen LogP) is 3.74. The van der Waals surface area contributed by atoms with Crippen LogP contribution in [0.4, 0.5) is 0 Å². The molecule has 6 nitrogen and oxygen atoms in total. The van der Waals surface area contributed by atoms with Gasteiger partial charge in [-0.2, -0.15) is 13.8 Å². The molecule has 0 spiro atoms. The van der Waals surface area contributed by atoms with Gasteiger partial charge in [0, 0.05) is 16.8 Å². The number of fused-ring (bicyclic) bond motifs is 2. The smallest absolute Gasteiger partial charge is 0.251 e. The van der Waals surface area contributed by atoms with E-state index in [1.165, 1.54) is 11.3 Å². The molecule has 2 aromatic carbocycles. The molecule has 0 unspecified atom stereocenters. The zero-order valence-electron chi connectivity index (χ0n) is 15.2. The van der Waals surface area contributed by atoms with Gasteiger partial charge in [-0.15, -0.1) is 0 Å². The Labute approximate surface area is 166 Å². The first-order valence-electron chi connectivity index (χ1n) is 9.39. The molecule has 4 aromatic rings. The van der Waals surface area contributed by atoms with Crippen LogP contribution in [0.1, 0.15) is 46.1 Å². The number of nitrogens with one attached hydrogen (secondary N) is 1. The van der Waals surface area contributed by atoms with E-state index in [-0.39, 0.29) is 11.9 Å². The molecule has 0 radical (unpaired) electrons. The van der Waals surface area contributed by atoms with Crippen LogP contribution in [-0.4, -0.2) is 24.4 Å². The van der Waals surface area contributed by atoms with Crippen LogP contribution in [0.15, 0.2) is 54.7 Å². The van der Waals surface area contributed by atoms with Gasteiger partial charge in [0.1, 0.15) is 11.0 Å². The van der Waals surface area contributed by atoms with Crippen LogP contribution in [-0.2, 0) is 13.0 Å². The molecule has 5 rings (SSSR count). The minimum atomic E-state index is -0.0800. The number of aromatic nitrogens is 4. The van der Waals surface area contributed by atoms with E-state index >= 15 is 0 Å². The van der Waals surface area contributed by atoms with Gasteiger partial charge in [0.2, 0.25) is 0 Å². The van der Waals surface area contributed by atoms with E-state index in [0.29, 0.717) is 5.56 Å². The first-order valence-corrected chi connectivity index (χ1v) is 10.1. The average molecular weight is 389 g/mol. The van der Waals surface area contributed by atoms with Crippen molar-refractivity contribution >= 4 is 28.7 Å². The fourth-order valence-corrected chi connectivity index (χ4v) is 4.34. The maximum atomic E-state index is 12.8. The second kappa shape index (κ2) is 7.16. The van der Waals surface area contributed by atoms with Crippen molar-refractivity contribution in [3.05, 3.63) is 77.1 Å². The second-order valence-electron chi connectivity index (χ2n) is 7.08. The normalized spacial score (nSPS) is 16.1. The number of hydrogen-bond acceptors (Lipinski definition) is 5. The first kappa shape index (κ1) is 17.1. The standard InChI is InChI=1S/C21H19N5OS/c27-21(15-9-10-18-19(11-15)25-28-24-18)23-17-7-4-8-20-16(17)12-22-26(20)13-14-5-2-1-3-6-14/h1-3,5-6,9-12,17H,4,7-8,13H2,(H,23,27)/t17-/m0/s1. The van der Waals surface area contributed by atoms with Crippen molar-refractivity contribution in [2.24, 2.45) is 0 Å². The van der Waals surface area contributed by atoms with Crippen molar-refractivity contribution in [3.63, 3.8) is 0 Å². The van der Waals surface area contributed by atoms with Crippen molar-refractivity contribution in [1.82, 2.24) is 23.8 Å². The van der Waals surface area contributed by atoms with Gasteiger partial charge in [0.15, 0.2) is 0 Å². The van der Waals surface area contributed by atoms with Crippen molar-refractivity contribution in [2.75, 3.05) is 0 Å². The lowest BCUT2D eigenvalue weighted by atomic mass is 9.92. The molecular weight excluding hydrogens is 370 g/mol. The van der Waals surface area contributed by atoms with E-state index in [4.69, 9.17) is 0 Å². The quantitative estimate of drug-likeness (QED) is 0.577. The Morgan fingerprint density at radius 3 is 2.89 bits per heavy atom. The number of rotatable bonds is 4. The van der Waals surface area contributed by atoms with Crippen LogP contribution in [0.3, 0.4) is 0 Å². The summed E-state index contributed by atoms with van der Waals surface area (Å²) in [6, 6.07) is 15.8. The van der Waals surface area contributed by atoms with Crippen LogP contribution in [0.25, 0.3) is 11.0 Å². The molecule has 0 fully saturated rings. The van der Waals surface area contributed by atoms with E-state index in [2.05, 4.69) is 36.0 Å². The van der Waals surface area contributed by atoms with Gasteiger partial charge in [-0.1, -0.05) is 30.3 Å². The molecule has 2 aromatic heterocycles. The zero-order chi connectivity index (χ0) is 18.9. The number of carbonyl (C=O) groups is 1. The molecule has 0 aliphatic heterocycles. The number of benzene rings is 2. The molecule has 0 bridgehead atoms. The average Bonchev–Trinajstić information content (AvgIpc) is 3.36. The lowest BCUT2D eigenvalue weighted by molar-refractivity contribution is 0.0932. The highest BCUT2D eigenvalue weighted by Crippen LogP contribution is 2.30. The summed E-state index contributed by atoms with van der Waals surface area (Å²) in [6.45, 7) is 0.754. The van der Waals surface area contributed by atoms with Crippen molar-refractivity contribution in [1.29, 1.82) is 0 Å². The largest absolute Gasteiger partial charge is 0.345 e. The molecule has 140 valence electrons. The van der Waals surface area contributed by atoms with Crippen molar-refractivity contribution < 1.29 is 4.79 Å². The summed E-state index contributed by atoms with van der Waals surface area (Å²) in [5, 5.41) is 7.79. The van der Waals surface area contributed by atoms with E-state index in [1.54, 1.807) is 6.07 Å². The predicted molar refractivity (Wildman–Crippen MR) is 108 cm³/mol. The van der Waals surface area contributed by atoms with E-state index in [0.717, 1.165) is 54.1 Å². The summed E-state index contributed by atoms with van der Waals surface area (Å²) in [5.74, 6) is -0.0800. The fourth-order valence-electron chi connectivity index (χ4n) is 3.83. The molecule has 28 heavy (non-hydrogen) atoms. The van der Waals surface area contributed by atoms with Gasteiger partial charge >= 0.3 is 0 Å². The molecule has 1 atom stereocenters. The maximum absolute atomic E-state index is 12.8. The SMILES string of the molecule is O=C(N[C@H]1CCCc2c1cnn2Cc1ccccc1)c1ccc2nsnc2c1. The Kier molecular flexibility index (Phi) is 4.37. The number of nitrogens with zero attached hydrogens (tertiary/aromatic N) is 4. The van der Waals surface area contributed by atoms with Crippen molar-refractivity contribution in [2.45, 2.75) is 31.8 Å². The monoisotopic (exact) mass is 389 g/mol. The topological polar surface area (TPSA) is 72.7 Å². The summed E-state index contributed by atoms with van der Waals surface area (Å²) < 4.78 is 10.5. The molecule has 2 heterocycles. The Bertz CT molecular complexity index is 1130. The van der Waals surface area contributed by atoms with Crippen LogP contribution < -0.4 is 5.32 Å². The third-order valence-corrected chi connectivity index (χ3v) is 5.82. The lowest BCUT2D eigenvalue weighted by Crippen LogP contribution is -2.31. The minimum Gasteiger partial charge on any atom is -0.345 e.